The first kappa shape index (κ1) is 16.1. The number of halogens is 1. The van der Waals surface area contributed by atoms with E-state index in [1.165, 1.54) is 13.2 Å². The molecule has 0 saturated carbocycles. The minimum Gasteiger partial charge on any atom is -0.503 e. The Morgan fingerprint density at radius 2 is 2.30 bits per heavy atom. The second kappa shape index (κ2) is 7.56. The van der Waals surface area contributed by atoms with Crippen molar-refractivity contribution in [3.8, 4) is 17.6 Å². The topological polar surface area (TPSA) is 82.4 Å². The van der Waals surface area contributed by atoms with E-state index in [1.807, 2.05) is 13.0 Å². The van der Waals surface area contributed by atoms with Crippen LogP contribution in [-0.4, -0.2) is 24.7 Å². The summed E-state index contributed by atoms with van der Waals surface area (Å²) in [4.78, 5) is 11.7. The van der Waals surface area contributed by atoms with Crippen molar-refractivity contribution in [1.29, 1.82) is 5.26 Å². The van der Waals surface area contributed by atoms with Crippen molar-refractivity contribution in [2.24, 2.45) is 0 Å². The molecule has 0 unspecified atom stereocenters. The number of aromatic hydroxyl groups is 1. The maximum absolute atomic E-state index is 11.7. The number of carbonyl (C=O) groups is 1. The molecular weight excluding hydrogens is 324 g/mol. The summed E-state index contributed by atoms with van der Waals surface area (Å²) in [5.41, 5.74) is 0.577. The Balaban J connectivity index is 3.11. The third kappa shape index (κ3) is 4.00. The molecular formula is C14H15BrN2O3. The fourth-order valence-electron chi connectivity index (χ4n) is 1.48. The maximum atomic E-state index is 11.7. The molecule has 1 amide bonds. The fraction of sp³-hybridized carbons (Fsp3) is 0.286. The molecule has 2 N–H and O–H groups in total. The number of hydrogen-bond donors (Lipinski definition) is 2. The SMILES string of the molecule is CCCNC(=O)/C(C#N)=C\c1cc(Br)c(O)c(OC)c1. The van der Waals surface area contributed by atoms with Gasteiger partial charge in [-0.05, 0) is 46.1 Å². The predicted molar refractivity (Wildman–Crippen MR) is 79.2 cm³/mol. The Morgan fingerprint density at radius 3 is 2.85 bits per heavy atom. The molecule has 6 heteroatoms. The zero-order valence-corrected chi connectivity index (χ0v) is 12.8. The summed E-state index contributed by atoms with van der Waals surface area (Å²) in [6, 6.07) is 5.01. The van der Waals surface area contributed by atoms with Gasteiger partial charge in [0.25, 0.3) is 5.91 Å². The number of rotatable bonds is 5. The first-order valence-corrected chi connectivity index (χ1v) is 6.79. The van der Waals surface area contributed by atoms with E-state index in [-0.39, 0.29) is 17.1 Å². The van der Waals surface area contributed by atoms with Gasteiger partial charge < -0.3 is 15.2 Å². The molecule has 106 valence electrons. The van der Waals surface area contributed by atoms with E-state index >= 15 is 0 Å². The van der Waals surface area contributed by atoms with Crippen LogP contribution in [-0.2, 0) is 4.79 Å². The van der Waals surface area contributed by atoms with Crippen molar-refractivity contribution in [2.75, 3.05) is 13.7 Å². The van der Waals surface area contributed by atoms with Gasteiger partial charge in [-0.1, -0.05) is 6.92 Å². The molecule has 0 heterocycles. The lowest BCUT2D eigenvalue weighted by Crippen LogP contribution is -2.25. The number of methoxy groups -OCH3 is 1. The molecule has 0 radical (unpaired) electrons. The summed E-state index contributed by atoms with van der Waals surface area (Å²) in [5, 5.41) is 21.4. The first-order valence-electron chi connectivity index (χ1n) is 6.00. The molecule has 1 aromatic carbocycles. The predicted octanol–water partition coefficient (Wildman–Crippen LogP) is 2.60. The standard InChI is InChI=1S/C14H15BrN2O3/c1-3-4-17-14(19)10(8-16)5-9-6-11(15)13(18)12(7-9)20-2/h5-7,18H,3-4H2,1-2H3,(H,17,19)/b10-5-. The molecule has 5 nitrogen and oxygen atoms in total. The van der Waals surface area contributed by atoms with E-state index in [2.05, 4.69) is 21.2 Å². The first-order chi connectivity index (χ1) is 9.53. The molecule has 1 aromatic rings. The van der Waals surface area contributed by atoms with E-state index in [9.17, 15) is 9.90 Å². The lowest BCUT2D eigenvalue weighted by molar-refractivity contribution is -0.117. The maximum Gasteiger partial charge on any atom is 0.261 e. The number of nitrogens with one attached hydrogen (secondary N) is 1. The summed E-state index contributed by atoms with van der Waals surface area (Å²) < 4.78 is 5.44. The van der Waals surface area contributed by atoms with E-state index in [1.54, 1.807) is 12.1 Å². The molecule has 0 bridgehead atoms. The Labute approximate surface area is 126 Å². The van der Waals surface area contributed by atoms with Crippen molar-refractivity contribution in [3.63, 3.8) is 0 Å². The van der Waals surface area contributed by atoms with Crippen molar-refractivity contribution in [3.05, 3.63) is 27.7 Å². The summed E-state index contributed by atoms with van der Waals surface area (Å²) in [7, 11) is 1.42. The number of phenols is 1. The largest absolute Gasteiger partial charge is 0.503 e. The van der Waals surface area contributed by atoms with Gasteiger partial charge in [0.2, 0.25) is 0 Å². The van der Waals surface area contributed by atoms with Crippen LogP contribution in [0.1, 0.15) is 18.9 Å². The van der Waals surface area contributed by atoms with Crippen LogP contribution in [0.2, 0.25) is 0 Å². The quantitative estimate of drug-likeness (QED) is 0.638. The van der Waals surface area contributed by atoms with E-state index in [4.69, 9.17) is 10.00 Å². The van der Waals surface area contributed by atoms with Crippen molar-refractivity contribution >= 4 is 27.9 Å². The molecule has 0 aliphatic rings. The van der Waals surface area contributed by atoms with Gasteiger partial charge >= 0.3 is 0 Å². The number of phenolic OH excluding ortho intramolecular Hbond substituents is 1. The van der Waals surface area contributed by atoms with E-state index in [0.717, 1.165) is 6.42 Å². The highest BCUT2D eigenvalue weighted by atomic mass is 79.9. The highest BCUT2D eigenvalue weighted by molar-refractivity contribution is 9.10. The Bertz CT molecular complexity index is 577. The molecule has 0 aliphatic heterocycles. The monoisotopic (exact) mass is 338 g/mol. The van der Waals surface area contributed by atoms with Crippen LogP contribution in [0, 0.1) is 11.3 Å². The van der Waals surface area contributed by atoms with E-state index in [0.29, 0.717) is 16.6 Å². The second-order valence-electron chi connectivity index (χ2n) is 3.98. The average Bonchev–Trinajstić information content (AvgIpc) is 2.45. The highest BCUT2D eigenvalue weighted by Gasteiger charge is 2.11. The minimum atomic E-state index is -0.419. The molecule has 0 aliphatic carbocycles. The van der Waals surface area contributed by atoms with Crippen LogP contribution in [0.4, 0.5) is 0 Å². The van der Waals surface area contributed by atoms with Crippen LogP contribution < -0.4 is 10.1 Å². The van der Waals surface area contributed by atoms with Crippen molar-refractivity contribution in [1.82, 2.24) is 5.32 Å². The number of carbonyl (C=O) groups excluding carboxylic acids is 1. The lowest BCUT2D eigenvalue weighted by Gasteiger charge is -2.07. The molecule has 0 aromatic heterocycles. The number of hydrogen-bond acceptors (Lipinski definition) is 4. The van der Waals surface area contributed by atoms with Crippen LogP contribution in [0.25, 0.3) is 6.08 Å². The normalized spacial score (nSPS) is 10.8. The molecule has 0 fully saturated rings. The number of amides is 1. The zero-order chi connectivity index (χ0) is 15.1. The Kier molecular flexibility index (Phi) is 6.07. The van der Waals surface area contributed by atoms with Gasteiger partial charge in [0.1, 0.15) is 11.6 Å². The molecule has 1 rings (SSSR count). The number of benzene rings is 1. The van der Waals surface area contributed by atoms with Gasteiger partial charge in [0.15, 0.2) is 11.5 Å². The number of ether oxygens (including phenoxy) is 1. The van der Waals surface area contributed by atoms with Gasteiger partial charge in [-0.3, -0.25) is 4.79 Å². The minimum absolute atomic E-state index is 0.00177. The lowest BCUT2D eigenvalue weighted by atomic mass is 10.1. The number of nitrogens with zero attached hydrogens (tertiary/aromatic N) is 1. The molecule has 0 spiro atoms. The third-order valence-electron chi connectivity index (χ3n) is 2.48. The summed E-state index contributed by atoms with van der Waals surface area (Å²) in [6.07, 6.45) is 2.24. The zero-order valence-electron chi connectivity index (χ0n) is 11.2. The van der Waals surface area contributed by atoms with Gasteiger partial charge in [-0.25, -0.2) is 0 Å². The van der Waals surface area contributed by atoms with Crippen LogP contribution in [0.5, 0.6) is 11.5 Å². The Morgan fingerprint density at radius 1 is 1.60 bits per heavy atom. The summed E-state index contributed by atoms with van der Waals surface area (Å²) in [6.45, 7) is 2.44. The summed E-state index contributed by atoms with van der Waals surface area (Å²) in [5.74, 6) is -0.187. The van der Waals surface area contributed by atoms with Crippen LogP contribution in [0.3, 0.4) is 0 Å². The van der Waals surface area contributed by atoms with Crippen molar-refractivity contribution < 1.29 is 14.6 Å². The van der Waals surface area contributed by atoms with Gasteiger partial charge in [0, 0.05) is 6.54 Å². The van der Waals surface area contributed by atoms with Gasteiger partial charge in [0.05, 0.1) is 11.6 Å². The fourth-order valence-corrected chi connectivity index (χ4v) is 1.94. The smallest absolute Gasteiger partial charge is 0.261 e. The molecule has 20 heavy (non-hydrogen) atoms. The molecule has 0 saturated heterocycles. The number of nitriles is 1. The average molecular weight is 339 g/mol. The molecule has 0 atom stereocenters. The second-order valence-corrected chi connectivity index (χ2v) is 4.83. The van der Waals surface area contributed by atoms with Crippen molar-refractivity contribution in [2.45, 2.75) is 13.3 Å². The summed E-state index contributed by atoms with van der Waals surface area (Å²) >= 11 is 3.19. The van der Waals surface area contributed by atoms with Crippen LogP contribution >= 0.6 is 15.9 Å². The van der Waals surface area contributed by atoms with Gasteiger partial charge in [-0.15, -0.1) is 0 Å². The van der Waals surface area contributed by atoms with Crippen LogP contribution in [0.15, 0.2) is 22.2 Å². The highest BCUT2D eigenvalue weighted by Crippen LogP contribution is 2.35. The van der Waals surface area contributed by atoms with E-state index < -0.39 is 5.91 Å². The Hall–Kier alpha value is -2.00. The van der Waals surface area contributed by atoms with Gasteiger partial charge in [-0.2, -0.15) is 5.26 Å². The third-order valence-corrected chi connectivity index (χ3v) is 3.09.